The molecule has 11 heteroatoms. The van der Waals surface area contributed by atoms with Gasteiger partial charge in [-0.25, -0.2) is 14.3 Å². The summed E-state index contributed by atoms with van der Waals surface area (Å²) in [7, 11) is 1.27. The van der Waals surface area contributed by atoms with Crippen LogP contribution in [-0.4, -0.2) is 65.7 Å². The molecule has 3 heterocycles. The van der Waals surface area contributed by atoms with Crippen molar-refractivity contribution < 1.29 is 33.3 Å². The molecule has 1 aromatic heterocycles. The number of hydrogen-bond donors (Lipinski definition) is 1. The van der Waals surface area contributed by atoms with Crippen molar-refractivity contribution in [3.05, 3.63) is 66.5 Å². The second-order valence-corrected chi connectivity index (χ2v) is 7.75. The lowest BCUT2D eigenvalue weighted by molar-refractivity contribution is 0.00770. The predicted octanol–water partition coefficient (Wildman–Crippen LogP) is 2.81. The molecule has 2 aromatic carbocycles. The van der Waals surface area contributed by atoms with Crippen molar-refractivity contribution in [2.45, 2.75) is 24.4 Å². The normalized spacial score (nSPS) is 23.2. The zero-order valence-corrected chi connectivity index (χ0v) is 18.2. The van der Waals surface area contributed by atoms with Gasteiger partial charge in [0.25, 0.3) is 0 Å². The summed E-state index contributed by atoms with van der Waals surface area (Å²) in [6.07, 6.45) is -0.564. The van der Waals surface area contributed by atoms with Crippen LogP contribution in [0.25, 0.3) is 0 Å². The smallest absolute Gasteiger partial charge is 0.412 e. The number of hydrogen-bond acceptors (Lipinski definition) is 9. The number of carbonyl (C=O) groups is 2. The summed E-state index contributed by atoms with van der Waals surface area (Å²) in [5.41, 5.74) is 0.653. The topological polar surface area (TPSA) is 123 Å². The van der Waals surface area contributed by atoms with Crippen molar-refractivity contribution >= 4 is 17.7 Å². The Kier molecular flexibility index (Phi) is 6.11. The molecule has 1 N–H and O–H groups in total. The highest BCUT2D eigenvalue weighted by molar-refractivity contribution is 5.86. The molecule has 2 fully saturated rings. The Morgan fingerprint density at radius 3 is 2.50 bits per heavy atom. The van der Waals surface area contributed by atoms with Gasteiger partial charge >= 0.3 is 12.1 Å². The van der Waals surface area contributed by atoms with Crippen molar-refractivity contribution in [2.24, 2.45) is 0 Å². The van der Waals surface area contributed by atoms with E-state index in [4.69, 9.17) is 18.9 Å². The van der Waals surface area contributed by atoms with Gasteiger partial charge in [-0.05, 0) is 36.4 Å². The number of rotatable bonds is 6. The van der Waals surface area contributed by atoms with Crippen molar-refractivity contribution in [1.82, 2.24) is 15.0 Å². The van der Waals surface area contributed by atoms with Crippen LogP contribution in [0.4, 0.5) is 10.5 Å². The molecule has 0 spiro atoms. The Morgan fingerprint density at radius 2 is 1.74 bits per heavy atom. The van der Waals surface area contributed by atoms with Gasteiger partial charge in [0, 0.05) is 5.69 Å². The van der Waals surface area contributed by atoms with Gasteiger partial charge in [0.1, 0.15) is 29.7 Å². The summed E-state index contributed by atoms with van der Waals surface area (Å²) in [4.78, 5) is 24.1. The summed E-state index contributed by atoms with van der Waals surface area (Å²) >= 11 is 0. The van der Waals surface area contributed by atoms with E-state index in [9.17, 15) is 9.59 Å². The molecule has 176 valence electrons. The average molecular weight is 466 g/mol. The number of carbonyl (C=O) groups excluding carboxylic acids is 2. The van der Waals surface area contributed by atoms with Gasteiger partial charge in [-0.1, -0.05) is 23.4 Å². The van der Waals surface area contributed by atoms with Crippen molar-refractivity contribution in [3.8, 4) is 11.5 Å². The lowest BCUT2D eigenvalue weighted by Gasteiger charge is -2.17. The van der Waals surface area contributed by atoms with Gasteiger partial charge in [-0.15, -0.1) is 5.10 Å². The van der Waals surface area contributed by atoms with Gasteiger partial charge in [0.15, 0.2) is 11.8 Å². The van der Waals surface area contributed by atoms with Gasteiger partial charge in [-0.3, -0.25) is 5.32 Å². The molecule has 2 aliphatic rings. The molecule has 4 atom stereocenters. The van der Waals surface area contributed by atoms with Gasteiger partial charge < -0.3 is 23.7 Å². The fraction of sp³-hybridized carbons (Fsp3) is 0.304. The Hall–Kier alpha value is -3.96. The highest BCUT2D eigenvalue weighted by Crippen LogP contribution is 2.35. The number of para-hydroxylation sites is 1. The van der Waals surface area contributed by atoms with Crippen LogP contribution in [0.2, 0.25) is 0 Å². The molecule has 0 radical (unpaired) electrons. The van der Waals surface area contributed by atoms with Crippen LogP contribution < -0.4 is 10.1 Å². The first-order valence-electron chi connectivity index (χ1n) is 10.6. The van der Waals surface area contributed by atoms with Crippen LogP contribution in [0.5, 0.6) is 11.5 Å². The van der Waals surface area contributed by atoms with Gasteiger partial charge in [0.05, 0.1) is 26.5 Å². The number of nitrogens with zero attached hydrogens (tertiary/aromatic N) is 3. The molecule has 0 bridgehead atoms. The Morgan fingerprint density at radius 1 is 1.00 bits per heavy atom. The van der Waals surface area contributed by atoms with E-state index in [1.54, 1.807) is 24.3 Å². The highest BCUT2D eigenvalue weighted by atomic mass is 16.6. The number of benzene rings is 2. The summed E-state index contributed by atoms with van der Waals surface area (Å²) in [5.74, 6) is 0.790. The maximum atomic E-state index is 12.4. The molecule has 0 aliphatic carbocycles. The molecule has 11 nitrogen and oxygen atoms in total. The number of fused-ring (bicyclic) bond motifs is 1. The number of methoxy groups -OCH3 is 1. The lowest BCUT2D eigenvalue weighted by atomic mass is 10.1. The SMILES string of the molecule is COC(=O)c1cn(C2COC3C(OC(=O)Nc4ccc(Oc5ccccc5)cc4)COC32)nn1. The van der Waals surface area contributed by atoms with E-state index in [0.717, 1.165) is 5.75 Å². The summed E-state index contributed by atoms with van der Waals surface area (Å²) in [5, 5.41) is 10.5. The molecule has 1 amide bonds. The fourth-order valence-electron chi connectivity index (χ4n) is 3.92. The monoisotopic (exact) mass is 466 g/mol. The van der Waals surface area contributed by atoms with Crippen LogP contribution in [0.3, 0.4) is 0 Å². The van der Waals surface area contributed by atoms with E-state index in [0.29, 0.717) is 11.4 Å². The molecular weight excluding hydrogens is 444 g/mol. The summed E-state index contributed by atoms with van der Waals surface area (Å²) in [6, 6.07) is 16.1. The molecule has 3 aromatic rings. The molecule has 2 saturated heterocycles. The molecule has 34 heavy (non-hydrogen) atoms. The highest BCUT2D eigenvalue weighted by Gasteiger charge is 2.50. The van der Waals surface area contributed by atoms with E-state index >= 15 is 0 Å². The Balaban J connectivity index is 1.15. The van der Waals surface area contributed by atoms with E-state index in [-0.39, 0.29) is 31.1 Å². The maximum Gasteiger partial charge on any atom is 0.412 e. The standard InChI is InChI=1S/C23H22N4O7/c1-30-22(28)17-11-27(26-25-17)18-12-31-21-19(13-32-20(18)21)34-23(29)24-14-7-9-16(10-8-14)33-15-5-3-2-4-6-15/h2-11,18-21H,12-13H2,1H3,(H,24,29). The number of nitrogens with one attached hydrogen (secondary N) is 1. The summed E-state index contributed by atoms with van der Waals surface area (Å²) < 4.78 is 29.1. The average Bonchev–Trinajstić information content (AvgIpc) is 3.58. The first-order chi connectivity index (χ1) is 16.6. The largest absolute Gasteiger partial charge is 0.464 e. The first kappa shape index (κ1) is 21.9. The van der Waals surface area contributed by atoms with E-state index < -0.39 is 24.3 Å². The van der Waals surface area contributed by atoms with Crippen molar-refractivity contribution in [1.29, 1.82) is 0 Å². The van der Waals surface area contributed by atoms with Crippen LogP contribution >= 0.6 is 0 Å². The van der Waals surface area contributed by atoms with Crippen LogP contribution in [0.15, 0.2) is 60.8 Å². The van der Waals surface area contributed by atoms with Crippen LogP contribution in [0.1, 0.15) is 16.5 Å². The minimum Gasteiger partial charge on any atom is -0.464 e. The minimum atomic E-state index is -0.619. The number of aromatic nitrogens is 3. The maximum absolute atomic E-state index is 12.4. The number of anilines is 1. The van der Waals surface area contributed by atoms with Gasteiger partial charge in [0.2, 0.25) is 0 Å². The zero-order valence-electron chi connectivity index (χ0n) is 18.2. The second kappa shape index (κ2) is 9.49. The van der Waals surface area contributed by atoms with Gasteiger partial charge in [-0.2, -0.15) is 0 Å². The third-order valence-electron chi connectivity index (χ3n) is 5.56. The third-order valence-corrected chi connectivity index (χ3v) is 5.56. The third kappa shape index (κ3) is 4.56. The Labute approximate surface area is 194 Å². The van der Waals surface area contributed by atoms with E-state index in [1.165, 1.54) is 18.0 Å². The first-order valence-corrected chi connectivity index (χ1v) is 10.6. The number of ether oxygens (including phenoxy) is 5. The fourth-order valence-corrected chi connectivity index (χ4v) is 3.92. The van der Waals surface area contributed by atoms with Crippen molar-refractivity contribution in [3.63, 3.8) is 0 Å². The minimum absolute atomic E-state index is 0.0938. The van der Waals surface area contributed by atoms with Crippen LogP contribution in [-0.2, 0) is 18.9 Å². The Bertz CT molecular complexity index is 1150. The van der Waals surface area contributed by atoms with Crippen molar-refractivity contribution in [2.75, 3.05) is 25.6 Å². The number of amides is 1. The quantitative estimate of drug-likeness (QED) is 0.546. The molecule has 4 unspecified atom stereocenters. The second-order valence-electron chi connectivity index (χ2n) is 7.75. The summed E-state index contributed by atoms with van der Waals surface area (Å²) in [6.45, 7) is 0.464. The zero-order chi connectivity index (χ0) is 23.5. The lowest BCUT2D eigenvalue weighted by Crippen LogP contribution is -2.34. The molecule has 2 aliphatic heterocycles. The molecule has 5 rings (SSSR count). The molecular formula is C23H22N4O7. The number of esters is 1. The predicted molar refractivity (Wildman–Crippen MR) is 117 cm³/mol. The van der Waals surface area contributed by atoms with E-state index in [2.05, 4.69) is 20.4 Å². The molecule has 0 saturated carbocycles. The van der Waals surface area contributed by atoms with Crippen LogP contribution in [0, 0.1) is 0 Å². The van der Waals surface area contributed by atoms with E-state index in [1.807, 2.05) is 30.3 Å².